The zero-order valence-corrected chi connectivity index (χ0v) is 7.81. The van der Waals surface area contributed by atoms with Crippen LogP contribution < -0.4 is 5.32 Å². The van der Waals surface area contributed by atoms with E-state index in [1.807, 2.05) is 5.32 Å². The summed E-state index contributed by atoms with van der Waals surface area (Å²) in [4.78, 5) is 24.9. The van der Waals surface area contributed by atoms with Gasteiger partial charge in [-0.2, -0.15) is 5.26 Å². The van der Waals surface area contributed by atoms with Crippen LogP contribution in [0, 0.1) is 18.3 Å². The molecule has 2 N–H and O–H groups in total. The first kappa shape index (κ1) is 10.7. The Labute approximate surface area is 85.2 Å². The first-order valence-electron chi connectivity index (χ1n) is 3.96. The summed E-state index contributed by atoms with van der Waals surface area (Å²) in [5.41, 5.74) is 0.699. The van der Waals surface area contributed by atoms with Gasteiger partial charge in [-0.25, -0.2) is 9.78 Å². The smallest absolute Gasteiger partial charge is 0.394 e. The van der Waals surface area contributed by atoms with Crippen LogP contribution in [0.15, 0.2) is 12.1 Å². The minimum absolute atomic E-state index is 0.0371. The molecule has 76 valence electrons. The van der Waals surface area contributed by atoms with Crippen LogP contribution in [-0.4, -0.2) is 22.0 Å². The first-order chi connectivity index (χ1) is 7.04. The number of aryl methyl sites for hydroxylation is 1. The predicted molar refractivity (Wildman–Crippen MR) is 50.0 cm³/mol. The molecule has 0 aliphatic heterocycles. The number of carbonyl (C=O) groups excluding carboxylic acids is 1. The van der Waals surface area contributed by atoms with Crippen LogP contribution in [-0.2, 0) is 9.59 Å². The fourth-order valence-corrected chi connectivity index (χ4v) is 0.903. The van der Waals surface area contributed by atoms with Gasteiger partial charge >= 0.3 is 11.9 Å². The number of pyridine rings is 1. The van der Waals surface area contributed by atoms with Crippen molar-refractivity contribution >= 4 is 17.7 Å². The number of hydrogen-bond acceptors (Lipinski definition) is 4. The zero-order valence-electron chi connectivity index (χ0n) is 7.81. The van der Waals surface area contributed by atoms with Gasteiger partial charge in [0.2, 0.25) is 0 Å². The van der Waals surface area contributed by atoms with Crippen molar-refractivity contribution < 1.29 is 14.7 Å². The summed E-state index contributed by atoms with van der Waals surface area (Å²) >= 11 is 0. The molecule has 1 rings (SSSR count). The van der Waals surface area contributed by atoms with Crippen molar-refractivity contribution in [2.45, 2.75) is 6.92 Å². The molecule has 0 spiro atoms. The second kappa shape index (κ2) is 4.19. The molecule has 1 amide bonds. The van der Waals surface area contributed by atoms with Gasteiger partial charge < -0.3 is 5.11 Å². The quantitative estimate of drug-likeness (QED) is 0.641. The Morgan fingerprint density at radius 2 is 2.20 bits per heavy atom. The van der Waals surface area contributed by atoms with Crippen molar-refractivity contribution in [1.82, 2.24) is 4.98 Å². The number of anilines is 1. The van der Waals surface area contributed by atoms with Gasteiger partial charge in [-0.05, 0) is 19.1 Å². The number of nitrogens with zero attached hydrogens (tertiary/aromatic N) is 2. The molecule has 0 aliphatic carbocycles. The highest BCUT2D eigenvalue weighted by Crippen LogP contribution is 2.11. The molecule has 1 aromatic rings. The highest BCUT2D eigenvalue weighted by molar-refractivity contribution is 6.36. The SMILES string of the molecule is Cc1ccc(C#N)c(NC(=O)C(=O)O)n1. The summed E-state index contributed by atoms with van der Waals surface area (Å²) in [5, 5.41) is 19.1. The molecule has 0 aromatic carbocycles. The predicted octanol–water partition coefficient (Wildman–Crippen LogP) is 0.285. The highest BCUT2D eigenvalue weighted by atomic mass is 16.4. The average molecular weight is 205 g/mol. The molecule has 0 unspecified atom stereocenters. The number of carboxylic acid groups (broad SMARTS) is 1. The van der Waals surface area contributed by atoms with Crippen LogP contribution in [0.2, 0.25) is 0 Å². The summed E-state index contributed by atoms with van der Waals surface area (Å²) in [6, 6.07) is 4.85. The van der Waals surface area contributed by atoms with Crippen molar-refractivity contribution in [1.29, 1.82) is 5.26 Å². The number of nitrogens with one attached hydrogen (secondary N) is 1. The van der Waals surface area contributed by atoms with Gasteiger partial charge in [0.1, 0.15) is 6.07 Å². The lowest BCUT2D eigenvalue weighted by atomic mass is 10.2. The Balaban J connectivity index is 3.04. The monoisotopic (exact) mass is 205 g/mol. The zero-order chi connectivity index (χ0) is 11.4. The second-order valence-electron chi connectivity index (χ2n) is 2.72. The average Bonchev–Trinajstić information content (AvgIpc) is 2.18. The second-order valence-corrected chi connectivity index (χ2v) is 2.72. The van der Waals surface area contributed by atoms with Crippen LogP contribution in [0.4, 0.5) is 5.82 Å². The summed E-state index contributed by atoms with van der Waals surface area (Å²) in [5.74, 6) is -2.88. The van der Waals surface area contributed by atoms with Crippen molar-refractivity contribution in [3.05, 3.63) is 23.4 Å². The lowest BCUT2D eigenvalue weighted by molar-refractivity contribution is -0.147. The number of rotatable bonds is 1. The van der Waals surface area contributed by atoms with Crippen molar-refractivity contribution in [3.8, 4) is 6.07 Å². The third-order valence-corrected chi connectivity index (χ3v) is 1.58. The lowest BCUT2D eigenvalue weighted by Crippen LogP contribution is -2.23. The number of carbonyl (C=O) groups is 2. The first-order valence-corrected chi connectivity index (χ1v) is 3.96. The molecule has 1 aromatic heterocycles. The molecule has 0 atom stereocenters. The van der Waals surface area contributed by atoms with E-state index in [2.05, 4.69) is 4.98 Å². The molecular formula is C9H7N3O3. The van der Waals surface area contributed by atoms with Crippen LogP contribution in [0.1, 0.15) is 11.3 Å². The minimum atomic E-state index is -1.62. The molecule has 15 heavy (non-hydrogen) atoms. The van der Waals surface area contributed by atoms with E-state index in [1.54, 1.807) is 19.1 Å². The van der Waals surface area contributed by atoms with Crippen molar-refractivity contribution in [3.63, 3.8) is 0 Å². The van der Waals surface area contributed by atoms with E-state index in [4.69, 9.17) is 10.4 Å². The Bertz CT molecular complexity index is 462. The van der Waals surface area contributed by atoms with Gasteiger partial charge in [0.05, 0.1) is 5.56 Å². The number of nitriles is 1. The van der Waals surface area contributed by atoms with Crippen LogP contribution in [0.25, 0.3) is 0 Å². The van der Waals surface area contributed by atoms with E-state index < -0.39 is 11.9 Å². The van der Waals surface area contributed by atoms with Crippen LogP contribution >= 0.6 is 0 Å². The van der Waals surface area contributed by atoms with E-state index in [0.717, 1.165) is 0 Å². The largest absolute Gasteiger partial charge is 0.474 e. The molecular weight excluding hydrogens is 198 g/mol. The number of aromatic nitrogens is 1. The van der Waals surface area contributed by atoms with Gasteiger partial charge in [0, 0.05) is 5.69 Å². The molecule has 0 aliphatic rings. The molecule has 0 saturated heterocycles. The van der Waals surface area contributed by atoms with Gasteiger partial charge in [-0.3, -0.25) is 10.1 Å². The fourth-order valence-electron chi connectivity index (χ4n) is 0.903. The van der Waals surface area contributed by atoms with Crippen molar-refractivity contribution in [2.75, 3.05) is 5.32 Å². The Morgan fingerprint density at radius 3 is 2.73 bits per heavy atom. The summed E-state index contributed by atoms with van der Waals surface area (Å²) in [6.07, 6.45) is 0. The Morgan fingerprint density at radius 1 is 1.53 bits per heavy atom. The van der Waals surface area contributed by atoms with E-state index >= 15 is 0 Å². The Hall–Kier alpha value is -2.42. The number of aliphatic carboxylic acids is 1. The number of hydrogen-bond donors (Lipinski definition) is 2. The molecule has 0 radical (unpaired) electrons. The summed E-state index contributed by atoms with van der Waals surface area (Å²) < 4.78 is 0. The Kier molecular flexibility index (Phi) is 2.98. The lowest BCUT2D eigenvalue weighted by Gasteiger charge is -2.03. The van der Waals surface area contributed by atoms with Gasteiger partial charge in [-0.1, -0.05) is 0 Å². The topological polar surface area (TPSA) is 103 Å². The van der Waals surface area contributed by atoms with Crippen LogP contribution in [0.5, 0.6) is 0 Å². The normalized spacial score (nSPS) is 9.07. The molecule has 0 fully saturated rings. The molecule has 0 saturated carbocycles. The van der Waals surface area contributed by atoms with Gasteiger partial charge in [0.25, 0.3) is 0 Å². The maximum atomic E-state index is 10.8. The number of amides is 1. The highest BCUT2D eigenvalue weighted by Gasteiger charge is 2.14. The molecule has 6 nitrogen and oxygen atoms in total. The minimum Gasteiger partial charge on any atom is -0.474 e. The third-order valence-electron chi connectivity index (χ3n) is 1.58. The van der Waals surface area contributed by atoms with Crippen molar-refractivity contribution in [2.24, 2.45) is 0 Å². The number of carboxylic acids is 1. The maximum Gasteiger partial charge on any atom is 0.394 e. The standard InChI is InChI=1S/C9H7N3O3/c1-5-2-3-6(4-10)7(11-5)12-8(13)9(14)15/h2-3H,1H3,(H,14,15)(H,11,12,13). The van der Waals surface area contributed by atoms with E-state index in [-0.39, 0.29) is 11.4 Å². The van der Waals surface area contributed by atoms with E-state index in [1.165, 1.54) is 6.07 Å². The van der Waals surface area contributed by atoms with Crippen LogP contribution in [0.3, 0.4) is 0 Å². The maximum absolute atomic E-state index is 10.8. The third kappa shape index (κ3) is 2.51. The molecule has 0 bridgehead atoms. The summed E-state index contributed by atoms with van der Waals surface area (Å²) in [7, 11) is 0. The fraction of sp³-hybridized carbons (Fsp3) is 0.111. The van der Waals surface area contributed by atoms with E-state index in [9.17, 15) is 9.59 Å². The molecule has 6 heteroatoms. The van der Waals surface area contributed by atoms with Gasteiger partial charge in [-0.15, -0.1) is 0 Å². The van der Waals surface area contributed by atoms with Gasteiger partial charge in [0.15, 0.2) is 5.82 Å². The van der Waals surface area contributed by atoms with E-state index in [0.29, 0.717) is 5.69 Å². The molecule has 1 heterocycles. The summed E-state index contributed by atoms with van der Waals surface area (Å²) in [6.45, 7) is 1.66.